The summed E-state index contributed by atoms with van der Waals surface area (Å²) in [4.78, 5) is 27.5. The minimum Gasteiger partial charge on any atom is -0.497 e. The Morgan fingerprint density at radius 1 is 0.868 bits per heavy atom. The fourth-order valence-electron chi connectivity index (χ4n) is 3.82. The Hall–Kier alpha value is -4.66. The van der Waals surface area contributed by atoms with E-state index in [4.69, 9.17) is 14.2 Å². The summed E-state index contributed by atoms with van der Waals surface area (Å²) in [5.41, 5.74) is 2.54. The number of ether oxygens (including phenoxy) is 3. The lowest BCUT2D eigenvalue weighted by atomic mass is 10.1. The molecule has 0 aliphatic heterocycles. The molecule has 0 fully saturated rings. The molecule has 2 N–H and O–H groups in total. The van der Waals surface area contributed by atoms with Crippen LogP contribution in [-0.4, -0.2) is 41.9 Å². The average molecular weight is 515 g/mol. The number of carbonyl (C=O) groups is 1. The van der Waals surface area contributed by atoms with Crippen LogP contribution in [0.1, 0.15) is 23.2 Å². The zero-order valence-corrected chi connectivity index (χ0v) is 21.4. The summed E-state index contributed by atoms with van der Waals surface area (Å²) < 4.78 is 16.7. The highest BCUT2D eigenvalue weighted by Crippen LogP contribution is 2.31. The number of aryl methyl sites for hydroxylation is 1. The zero-order chi connectivity index (χ0) is 26.7. The zero-order valence-electron chi connectivity index (χ0n) is 21.4. The fourth-order valence-corrected chi connectivity index (χ4v) is 3.82. The molecule has 3 aromatic carbocycles. The number of rotatable bonds is 12. The topological polar surface area (TPSA) is 115 Å². The Labute approximate surface area is 220 Å². The Kier molecular flexibility index (Phi) is 9.07. The maximum absolute atomic E-state index is 12.6. The average Bonchev–Trinajstić information content (AvgIpc) is 2.96. The molecule has 0 radical (unpaired) electrons. The molecule has 9 nitrogen and oxygen atoms in total. The van der Waals surface area contributed by atoms with E-state index in [2.05, 4.69) is 20.5 Å². The third kappa shape index (κ3) is 7.19. The molecule has 1 aromatic heterocycles. The van der Waals surface area contributed by atoms with Gasteiger partial charge in [-0.25, -0.2) is 0 Å². The molecule has 0 aliphatic rings. The van der Waals surface area contributed by atoms with Crippen LogP contribution < -0.4 is 25.1 Å². The third-order valence-electron chi connectivity index (χ3n) is 5.90. The Morgan fingerprint density at radius 2 is 1.68 bits per heavy atom. The summed E-state index contributed by atoms with van der Waals surface area (Å²) in [6, 6.07) is 22.8. The van der Waals surface area contributed by atoms with Gasteiger partial charge in [-0.1, -0.05) is 42.5 Å². The van der Waals surface area contributed by atoms with E-state index in [-0.39, 0.29) is 30.0 Å². The normalized spacial score (nSPS) is 10.6. The van der Waals surface area contributed by atoms with Crippen molar-refractivity contribution >= 4 is 5.91 Å². The quantitative estimate of drug-likeness (QED) is 0.296. The minimum absolute atomic E-state index is 0.138. The van der Waals surface area contributed by atoms with Gasteiger partial charge >= 0.3 is 0 Å². The summed E-state index contributed by atoms with van der Waals surface area (Å²) in [7, 11) is 3.16. The molecule has 0 spiro atoms. The van der Waals surface area contributed by atoms with Gasteiger partial charge in [-0.3, -0.25) is 9.59 Å². The van der Waals surface area contributed by atoms with Gasteiger partial charge in [-0.15, -0.1) is 10.2 Å². The smallest absolute Gasteiger partial charge is 0.273 e. The van der Waals surface area contributed by atoms with Crippen LogP contribution in [0, 0.1) is 0 Å². The number of hydrogen-bond acceptors (Lipinski definition) is 7. The molecule has 1 amide bonds. The van der Waals surface area contributed by atoms with Gasteiger partial charge in [0.1, 0.15) is 18.1 Å². The largest absolute Gasteiger partial charge is 0.497 e. The van der Waals surface area contributed by atoms with Gasteiger partial charge in [-0.05, 0) is 47.9 Å². The summed E-state index contributed by atoms with van der Waals surface area (Å²) in [6.07, 6.45) is 1.09. The molecular weight excluding hydrogens is 484 g/mol. The first-order chi connectivity index (χ1) is 18.6. The predicted molar refractivity (Wildman–Crippen MR) is 143 cm³/mol. The van der Waals surface area contributed by atoms with E-state index in [0.29, 0.717) is 36.0 Å². The Morgan fingerprint density at radius 3 is 2.45 bits per heavy atom. The number of methoxy groups -OCH3 is 2. The molecule has 9 heteroatoms. The molecule has 0 bridgehead atoms. The molecule has 0 unspecified atom stereocenters. The SMILES string of the molecule is COc1cccc(COc2ccc(-c3nnc(CCC(=O)NCCc4ccccc4)c(=O)[nH]3)cc2OC)c1. The van der Waals surface area contributed by atoms with Crippen LogP contribution in [0.3, 0.4) is 0 Å². The van der Waals surface area contributed by atoms with Gasteiger partial charge in [0, 0.05) is 24.9 Å². The number of H-pyrrole nitrogens is 1. The van der Waals surface area contributed by atoms with Crippen molar-refractivity contribution in [2.45, 2.75) is 25.9 Å². The van der Waals surface area contributed by atoms with E-state index < -0.39 is 0 Å². The molecular formula is C29H30N4O5. The standard InChI is InChI=1S/C29H30N4O5/c1-36-23-10-6-9-21(17-23)19-38-25-13-11-22(18-26(25)37-2)28-31-29(35)24(32-33-28)12-14-27(34)30-16-15-20-7-4-3-5-8-20/h3-11,13,17-18H,12,14-16,19H2,1-2H3,(H,30,34)(H,31,33,35). The number of hydrogen-bond donors (Lipinski definition) is 2. The first-order valence-electron chi connectivity index (χ1n) is 12.3. The van der Waals surface area contributed by atoms with Crippen LogP contribution in [-0.2, 0) is 24.2 Å². The van der Waals surface area contributed by atoms with Crippen molar-refractivity contribution < 1.29 is 19.0 Å². The van der Waals surface area contributed by atoms with Gasteiger partial charge in [0.15, 0.2) is 17.3 Å². The third-order valence-corrected chi connectivity index (χ3v) is 5.90. The van der Waals surface area contributed by atoms with E-state index in [0.717, 1.165) is 23.3 Å². The fraction of sp³-hybridized carbons (Fsp3) is 0.241. The molecule has 4 aromatic rings. The van der Waals surface area contributed by atoms with Crippen LogP contribution >= 0.6 is 0 Å². The first-order valence-corrected chi connectivity index (χ1v) is 12.3. The van der Waals surface area contributed by atoms with Gasteiger partial charge in [0.05, 0.1) is 14.2 Å². The van der Waals surface area contributed by atoms with Gasteiger partial charge in [0.2, 0.25) is 5.91 Å². The number of carbonyl (C=O) groups excluding carboxylic acids is 1. The second kappa shape index (κ2) is 13.0. The van der Waals surface area contributed by atoms with Crippen LogP contribution in [0.2, 0.25) is 0 Å². The number of aromatic amines is 1. The molecule has 0 saturated carbocycles. The Balaban J connectivity index is 1.34. The maximum Gasteiger partial charge on any atom is 0.273 e. The predicted octanol–water partition coefficient (Wildman–Crippen LogP) is 3.72. The van der Waals surface area contributed by atoms with Crippen molar-refractivity contribution in [1.29, 1.82) is 0 Å². The highest BCUT2D eigenvalue weighted by atomic mass is 16.5. The second-order valence-corrected chi connectivity index (χ2v) is 8.54. The second-order valence-electron chi connectivity index (χ2n) is 8.54. The number of amides is 1. The van der Waals surface area contributed by atoms with Gasteiger partial charge in [0.25, 0.3) is 5.56 Å². The van der Waals surface area contributed by atoms with Crippen molar-refractivity contribution in [3.05, 3.63) is 100.0 Å². The van der Waals surface area contributed by atoms with E-state index in [9.17, 15) is 9.59 Å². The van der Waals surface area contributed by atoms with Gasteiger partial charge in [-0.2, -0.15) is 0 Å². The first kappa shape index (κ1) is 26.4. The highest BCUT2D eigenvalue weighted by Gasteiger charge is 2.13. The maximum atomic E-state index is 12.6. The monoisotopic (exact) mass is 514 g/mol. The van der Waals surface area contributed by atoms with Crippen LogP contribution in [0.25, 0.3) is 11.4 Å². The van der Waals surface area contributed by atoms with E-state index in [1.807, 2.05) is 54.6 Å². The lowest BCUT2D eigenvalue weighted by Gasteiger charge is -2.12. The lowest BCUT2D eigenvalue weighted by molar-refractivity contribution is -0.121. The lowest BCUT2D eigenvalue weighted by Crippen LogP contribution is -2.27. The molecule has 38 heavy (non-hydrogen) atoms. The van der Waals surface area contributed by atoms with Crippen LogP contribution in [0.4, 0.5) is 0 Å². The molecule has 0 aliphatic carbocycles. The number of benzene rings is 3. The van der Waals surface area contributed by atoms with Crippen molar-refractivity contribution in [2.24, 2.45) is 0 Å². The van der Waals surface area contributed by atoms with Crippen molar-refractivity contribution in [2.75, 3.05) is 20.8 Å². The molecule has 196 valence electrons. The van der Waals surface area contributed by atoms with E-state index >= 15 is 0 Å². The van der Waals surface area contributed by atoms with Crippen LogP contribution in [0.5, 0.6) is 17.2 Å². The van der Waals surface area contributed by atoms with Gasteiger partial charge < -0.3 is 24.5 Å². The highest BCUT2D eigenvalue weighted by molar-refractivity contribution is 5.76. The van der Waals surface area contributed by atoms with Crippen molar-refractivity contribution in [3.8, 4) is 28.6 Å². The number of nitrogens with zero attached hydrogens (tertiary/aromatic N) is 2. The minimum atomic E-state index is -0.385. The summed E-state index contributed by atoms with van der Waals surface area (Å²) >= 11 is 0. The summed E-state index contributed by atoms with van der Waals surface area (Å²) in [6.45, 7) is 0.864. The molecule has 1 heterocycles. The molecule has 0 saturated heterocycles. The van der Waals surface area contributed by atoms with E-state index in [1.165, 1.54) is 0 Å². The van der Waals surface area contributed by atoms with Crippen molar-refractivity contribution in [3.63, 3.8) is 0 Å². The summed E-state index contributed by atoms with van der Waals surface area (Å²) in [5.74, 6) is 1.95. The molecule has 0 atom stereocenters. The summed E-state index contributed by atoms with van der Waals surface area (Å²) in [5, 5.41) is 11.1. The van der Waals surface area contributed by atoms with Crippen molar-refractivity contribution in [1.82, 2.24) is 20.5 Å². The number of aromatic nitrogens is 3. The number of nitrogens with one attached hydrogen (secondary N) is 2. The molecule has 4 rings (SSSR count). The Bertz CT molecular complexity index is 1420. The van der Waals surface area contributed by atoms with Crippen LogP contribution in [0.15, 0.2) is 77.6 Å². The van der Waals surface area contributed by atoms with E-state index in [1.54, 1.807) is 32.4 Å².